The number of aromatic nitrogens is 7. The lowest BCUT2D eigenvalue weighted by Crippen LogP contribution is -2.29. The van der Waals surface area contributed by atoms with Crippen LogP contribution in [0.5, 0.6) is 0 Å². The van der Waals surface area contributed by atoms with Crippen molar-refractivity contribution in [2.45, 2.75) is 58.8 Å². The van der Waals surface area contributed by atoms with Gasteiger partial charge < -0.3 is 0 Å². The molecule has 0 bridgehead atoms. The fourth-order valence-corrected chi connectivity index (χ4v) is 3.93. The summed E-state index contributed by atoms with van der Waals surface area (Å²) < 4.78 is 29.0. The molecule has 0 amide bonds. The Balaban J connectivity index is 1.88. The molecule has 0 aliphatic carbocycles. The number of hydrogen-bond donors (Lipinski definition) is 1. The van der Waals surface area contributed by atoms with Crippen LogP contribution in [0.2, 0.25) is 0 Å². The number of nitrogens with one attached hydrogen (secondary N) is 1. The number of aryl methyl sites for hydroxylation is 1. The predicted octanol–water partition coefficient (Wildman–Crippen LogP) is 5.53. The summed E-state index contributed by atoms with van der Waals surface area (Å²) in [7, 11) is 0. The van der Waals surface area contributed by atoms with Gasteiger partial charge in [-0.15, -0.1) is 5.10 Å². The molecule has 1 aromatic carbocycles. The monoisotopic (exact) mass is 463 g/mol. The first-order chi connectivity index (χ1) is 16.3. The summed E-state index contributed by atoms with van der Waals surface area (Å²) in [5.41, 5.74) is 1.44. The molecule has 0 saturated heterocycles. The molecule has 34 heavy (non-hydrogen) atoms. The maximum absolute atomic E-state index is 14.5. The van der Waals surface area contributed by atoms with E-state index in [1.54, 1.807) is 18.3 Å². The highest BCUT2D eigenvalue weighted by atomic mass is 19.1. The predicted molar refractivity (Wildman–Crippen MR) is 125 cm³/mol. The molecule has 7 nitrogen and oxygen atoms in total. The van der Waals surface area contributed by atoms with E-state index in [0.29, 0.717) is 35.3 Å². The van der Waals surface area contributed by atoms with E-state index in [4.69, 9.17) is 4.98 Å². The second-order valence-electron chi connectivity index (χ2n) is 8.64. The van der Waals surface area contributed by atoms with Crippen molar-refractivity contribution in [3.05, 3.63) is 71.1 Å². The van der Waals surface area contributed by atoms with Gasteiger partial charge in [0, 0.05) is 6.20 Å². The average molecular weight is 464 g/mol. The summed E-state index contributed by atoms with van der Waals surface area (Å²) in [6.45, 7) is 9.98. The van der Waals surface area contributed by atoms with Crippen molar-refractivity contribution < 1.29 is 8.78 Å². The third kappa shape index (κ3) is 4.18. The van der Waals surface area contributed by atoms with Crippen molar-refractivity contribution in [2.75, 3.05) is 0 Å². The molecule has 0 spiro atoms. The van der Waals surface area contributed by atoms with Gasteiger partial charge in [-0.3, -0.25) is 5.10 Å². The van der Waals surface area contributed by atoms with Gasteiger partial charge in [0.15, 0.2) is 5.82 Å². The molecule has 9 heteroatoms. The Bertz CT molecular complexity index is 1300. The molecule has 3 heterocycles. The van der Waals surface area contributed by atoms with E-state index in [-0.39, 0.29) is 17.2 Å². The quantitative estimate of drug-likeness (QED) is 0.387. The molecule has 0 radical (unpaired) electrons. The topological polar surface area (TPSA) is 93.1 Å². The molecule has 3 aromatic heterocycles. The zero-order valence-corrected chi connectivity index (χ0v) is 19.9. The summed E-state index contributed by atoms with van der Waals surface area (Å²) in [4.78, 5) is 13.7. The van der Waals surface area contributed by atoms with Crippen LogP contribution in [-0.2, 0) is 5.41 Å². The lowest BCUT2D eigenvalue weighted by Gasteiger charge is -2.29. The Morgan fingerprint density at radius 1 is 1.03 bits per heavy atom. The summed E-state index contributed by atoms with van der Waals surface area (Å²) in [6.07, 6.45) is 3.13. The fourth-order valence-electron chi connectivity index (χ4n) is 3.93. The van der Waals surface area contributed by atoms with Crippen molar-refractivity contribution >= 4 is 0 Å². The second kappa shape index (κ2) is 9.32. The van der Waals surface area contributed by atoms with E-state index in [2.05, 4.69) is 44.2 Å². The molecule has 4 aromatic rings. The molecular weight excluding hydrogens is 436 g/mol. The number of H-pyrrole nitrogens is 1. The first-order valence-electron chi connectivity index (χ1n) is 11.3. The third-order valence-electron chi connectivity index (χ3n) is 6.39. The Morgan fingerprint density at radius 3 is 2.38 bits per heavy atom. The average Bonchev–Trinajstić information content (AvgIpc) is 3.29. The minimum Gasteiger partial charge on any atom is -0.263 e. The molecule has 0 unspecified atom stereocenters. The van der Waals surface area contributed by atoms with Gasteiger partial charge in [0.25, 0.3) is 0 Å². The van der Waals surface area contributed by atoms with Gasteiger partial charge in [0.2, 0.25) is 0 Å². The van der Waals surface area contributed by atoms with Gasteiger partial charge in [-0.2, -0.15) is 10.2 Å². The molecule has 1 N–H and O–H groups in total. The Hall–Kier alpha value is -3.62. The summed E-state index contributed by atoms with van der Waals surface area (Å²) in [5.74, 6) is 0.455. The Kier molecular flexibility index (Phi) is 6.45. The van der Waals surface area contributed by atoms with Crippen LogP contribution in [0, 0.1) is 18.6 Å². The molecular formula is C25H27F2N7. The summed E-state index contributed by atoms with van der Waals surface area (Å²) in [5, 5.41) is 15.8. The van der Waals surface area contributed by atoms with E-state index < -0.39 is 17.0 Å². The molecule has 0 aliphatic rings. The minimum absolute atomic E-state index is 0.0730. The van der Waals surface area contributed by atoms with Gasteiger partial charge >= 0.3 is 0 Å². The van der Waals surface area contributed by atoms with Crippen LogP contribution in [0.3, 0.4) is 0 Å². The van der Waals surface area contributed by atoms with Gasteiger partial charge in [0.05, 0.1) is 22.4 Å². The number of aromatic amines is 1. The molecule has 176 valence electrons. The second-order valence-corrected chi connectivity index (χ2v) is 8.64. The van der Waals surface area contributed by atoms with E-state index in [1.165, 1.54) is 18.2 Å². The number of rotatable bonds is 7. The zero-order chi connectivity index (χ0) is 24.5. The van der Waals surface area contributed by atoms with Crippen LogP contribution < -0.4 is 0 Å². The molecule has 0 fully saturated rings. The number of benzene rings is 1. The normalized spacial score (nSPS) is 14.1. The zero-order valence-electron chi connectivity index (χ0n) is 19.9. The highest BCUT2D eigenvalue weighted by Gasteiger charge is 2.36. The molecule has 2 atom stereocenters. The first-order valence-corrected chi connectivity index (χ1v) is 11.3. The lowest BCUT2D eigenvalue weighted by molar-refractivity contribution is 0.480. The Labute approximate surface area is 197 Å². The summed E-state index contributed by atoms with van der Waals surface area (Å²) >= 11 is 0. The van der Waals surface area contributed by atoms with E-state index in [1.807, 2.05) is 20.8 Å². The van der Waals surface area contributed by atoms with Crippen molar-refractivity contribution in [1.29, 1.82) is 0 Å². The van der Waals surface area contributed by atoms with Gasteiger partial charge in [-0.25, -0.2) is 23.7 Å². The first kappa shape index (κ1) is 23.5. The fraction of sp³-hybridized carbons (Fsp3) is 0.360. The van der Waals surface area contributed by atoms with Crippen molar-refractivity contribution in [3.63, 3.8) is 0 Å². The third-order valence-corrected chi connectivity index (χ3v) is 6.39. The maximum atomic E-state index is 14.5. The lowest BCUT2D eigenvalue weighted by atomic mass is 9.77. The van der Waals surface area contributed by atoms with Crippen LogP contribution in [0.15, 0.2) is 36.5 Å². The van der Waals surface area contributed by atoms with E-state index in [9.17, 15) is 8.78 Å². The van der Waals surface area contributed by atoms with Crippen molar-refractivity contribution in [3.8, 4) is 22.8 Å². The number of nitrogens with zero attached hydrogens (tertiary/aromatic N) is 6. The number of hydrogen-bond acceptors (Lipinski definition) is 6. The Morgan fingerprint density at radius 2 is 1.76 bits per heavy atom. The molecule has 0 saturated carbocycles. The van der Waals surface area contributed by atoms with E-state index in [0.717, 1.165) is 12.0 Å². The van der Waals surface area contributed by atoms with Crippen molar-refractivity contribution in [2.24, 2.45) is 0 Å². The maximum Gasteiger partial charge on any atom is 0.199 e. The molecule has 4 rings (SSSR count). The minimum atomic E-state index is -0.695. The smallest absolute Gasteiger partial charge is 0.199 e. The van der Waals surface area contributed by atoms with E-state index >= 15 is 0 Å². The highest BCUT2D eigenvalue weighted by Crippen LogP contribution is 2.39. The van der Waals surface area contributed by atoms with Gasteiger partial charge in [0.1, 0.15) is 29.0 Å². The van der Waals surface area contributed by atoms with Crippen LogP contribution in [0.1, 0.15) is 69.4 Å². The van der Waals surface area contributed by atoms with Crippen LogP contribution >= 0.6 is 0 Å². The van der Waals surface area contributed by atoms with Gasteiger partial charge in [-0.1, -0.05) is 26.8 Å². The largest absolute Gasteiger partial charge is 0.263 e. The number of halogens is 2. The SMILES string of the molecule is CC[C@H](C)c1cc(-c2c(F)cccc2F)nnc1[C@@](C)(CC)c1nccc(-c2n[nH]c(C)n2)n1. The molecule has 0 aliphatic heterocycles. The van der Waals surface area contributed by atoms with Crippen LogP contribution in [0.4, 0.5) is 8.78 Å². The highest BCUT2D eigenvalue weighted by molar-refractivity contribution is 5.62. The summed E-state index contributed by atoms with van der Waals surface area (Å²) in [6, 6.07) is 7.27. The van der Waals surface area contributed by atoms with Gasteiger partial charge in [-0.05, 0) is 62.4 Å². The van der Waals surface area contributed by atoms with Crippen LogP contribution in [0.25, 0.3) is 22.8 Å². The van der Waals surface area contributed by atoms with Crippen molar-refractivity contribution in [1.82, 2.24) is 35.3 Å². The standard InChI is InChI=1S/C25H27F2N7/c1-6-14(3)16-13-20(21-17(26)9-8-10-18(21)27)32-33-22(16)25(5,7-2)24-28-12-11-19(30-24)23-29-15(4)31-34-23/h8-14H,6-7H2,1-5H3,(H,29,31,34)/t14-,25+/m0/s1. The van der Waals surface area contributed by atoms with Crippen LogP contribution in [-0.4, -0.2) is 35.3 Å².